The first kappa shape index (κ1) is 30.1. The number of esters is 2. The highest BCUT2D eigenvalue weighted by Gasteiger charge is 2.35. The molecule has 9 heteroatoms. The number of hydrogen-bond donors (Lipinski definition) is 1. The summed E-state index contributed by atoms with van der Waals surface area (Å²) in [5.74, 6) is -1.35. The molecule has 9 nitrogen and oxygen atoms in total. The number of carbonyl (C=O) groups excluding carboxylic acids is 2. The van der Waals surface area contributed by atoms with Crippen molar-refractivity contribution < 1.29 is 43.1 Å². The van der Waals surface area contributed by atoms with E-state index in [4.69, 9.17) is 28.4 Å². The van der Waals surface area contributed by atoms with Crippen molar-refractivity contribution in [2.75, 3.05) is 14.2 Å². The van der Waals surface area contributed by atoms with Crippen molar-refractivity contribution in [1.29, 1.82) is 0 Å². The lowest BCUT2D eigenvalue weighted by molar-refractivity contribution is 0.0487. The zero-order valence-corrected chi connectivity index (χ0v) is 25.1. The fraction of sp³-hybridized carbons (Fsp3) is 0.135. The first-order chi connectivity index (χ1) is 22.5. The maximum absolute atomic E-state index is 13.5. The van der Waals surface area contributed by atoms with Gasteiger partial charge in [0.05, 0.1) is 25.3 Å². The van der Waals surface area contributed by atoms with Crippen LogP contribution in [0.4, 0.5) is 0 Å². The average Bonchev–Trinajstić information content (AvgIpc) is 3.55. The van der Waals surface area contributed by atoms with Crippen LogP contribution in [0.3, 0.4) is 0 Å². The Kier molecular flexibility index (Phi) is 8.73. The minimum Gasteiger partial charge on any atom is -0.502 e. The largest absolute Gasteiger partial charge is 0.502 e. The summed E-state index contributed by atoms with van der Waals surface area (Å²) >= 11 is 0. The van der Waals surface area contributed by atoms with Gasteiger partial charge in [0.15, 0.2) is 23.0 Å². The van der Waals surface area contributed by atoms with Gasteiger partial charge in [0, 0.05) is 16.7 Å². The summed E-state index contributed by atoms with van der Waals surface area (Å²) in [6.45, 7) is 0.141. The Morgan fingerprint density at radius 2 is 1.30 bits per heavy atom. The Labute approximate surface area is 265 Å². The molecule has 0 fully saturated rings. The number of fused-ring (bicyclic) bond motifs is 1. The molecular formula is C37H30O9. The van der Waals surface area contributed by atoms with Crippen LogP contribution >= 0.6 is 0 Å². The summed E-state index contributed by atoms with van der Waals surface area (Å²) in [6, 6.07) is 32.4. The van der Waals surface area contributed by atoms with Crippen LogP contribution in [0.15, 0.2) is 109 Å². The second-order valence-electron chi connectivity index (χ2n) is 10.3. The lowest BCUT2D eigenvalue weighted by atomic mass is 9.94. The van der Waals surface area contributed by atoms with Gasteiger partial charge in [0.2, 0.25) is 5.75 Å². The highest BCUT2D eigenvalue weighted by molar-refractivity contribution is 6.03. The predicted molar refractivity (Wildman–Crippen MR) is 168 cm³/mol. The van der Waals surface area contributed by atoms with Crippen LogP contribution < -0.4 is 18.9 Å². The maximum Gasteiger partial charge on any atom is 0.338 e. The van der Waals surface area contributed by atoms with Gasteiger partial charge in [0.1, 0.15) is 13.2 Å². The number of hydrogen-bond acceptors (Lipinski definition) is 9. The number of carbonyl (C=O) groups is 2. The van der Waals surface area contributed by atoms with Crippen molar-refractivity contribution in [2.45, 2.75) is 19.5 Å². The van der Waals surface area contributed by atoms with Gasteiger partial charge in [-0.2, -0.15) is 0 Å². The lowest BCUT2D eigenvalue weighted by Crippen LogP contribution is -2.10. The fourth-order valence-corrected chi connectivity index (χ4v) is 5.10. The quantitative estimate of drug-likeness (QED) is 0.162. The molecule has 46 heavy (non-hydrogen) atoms. The number of rotatable bonds is 10. The van der Waals surface area contributed by atoms with Gasteiger partial charge in [-0.05, 0) is 29.3 Å². The van der Waals surface area contributed by atoms with Crippen LogP contribution in [0.5, 0.6) is 28.7 Å². The van der Waals surface area contributed by atoms with Crippen LogP contribution in [0.25, 0.3) is 11.1 Å². The van der Waals surface area contributed by atoms with Gasteiger partial charge in [0.25, 0.3) is 6.29 Å². The summed E-state index contributed by atoms with van der Waals surface area (Å²) < 4.78 is 35.0. The Morgan fingerprint density at radius 1 is 0.717 bits per heavy atom. The molecule has 0 radical (unpaired) electrons. The van der Waals surface area contributed by atoms with E-state index in [0.29, 0.717) is 0 Å². The summed E-state index contributed by atoms with van der Waals surface area (Å²) in [5, 5.41) is 11.7. The zero-order valence-electron chi connectivity index (χ0n) is 25.1. The number of ether oxygens (including phenoxy) is 6. The van der Waals surface area contributed by atoms with Crippen LogP contribution in [0.2, 0.25) is 0 Å². The molecule has 5 aromatic carbocycles. The SMILES string of the molecule is COC(=O)c1cc2c(c(-c3c(C(=O)OC)cc(OCc4ccccc4)c(O)c3OCc3ccccc3)c1)OC(c1ccccc1)O2. The van der Waals surface area contributed by atoms with Gasteiger partial charge in [-0.3, -0.25) is 0 Å². The van der Waals surface area contributed by atoms with E-state index in [1.165, 1.54) is 32.4 Å². The van der Waals surface area contributed by atoms with Crippen molar-refractivity contribution in [3.63, 3.8) is 0 Å². The smallest absolute Gasteiger partial charge is 0.338 e. The van der Waals surface area contributed by atoms with Crippen LogP contribution in [-0.4, -0.2) is 31.3 Å². The normalized spacial score (nSPS) is 13.1. The molecule has 0 aromatic heterocycles. The number of methoxy groups -OCH3 is 2. The maximum atomic E-state index is 13.5. The second-order valence-corrected chi connectivity index (χ2v) is 10.3. The standard InChI is InChI=1S/C37H30O9/c1-41-35(39)26-18-27(33-30(19-26)45-37(46-33)25-16-10-5-11-17-25)31-28(36(40)42-2)20-29(43-21-23-12-6-3-7-13-23)32(38)34(31)44-22-24-14-8-4-9-15-24/h3-20,37-38H,21-22H2,1-2H3. The van der Waals surface area contributed by atoms with Crippen molar-refractivity contribution >= 4 is 11.9 Å². The van der Waals surface area contributed by atoms with E-state index in [2.05, 4.69) is 0 Å². The highest BCUT2D eigenvalue weighted by atomic mass is 16.7. The molecular weight excluding hydrogens is 588 g/mol. The number of aromatic hydroxyl groups is 1. The molecule has 1 aliphatic heterocycles. The van der Waals surface area contributed by atoms with Crippen LogP contribution in [0, 0.1) is 0 Å². The van der Waals surface area contributed by atoms with Gasteiger partial charge in [-0.15, -0.1) is 0 Å². The van der Waals surface area contributed by atoms with E-state index < -0.39 is 18.2 Å². The molecule has 0 bridgehead atoms. The van der Waals surface area contributed by atoms with Crippen LogP contribution in [0.1, 0.15) is 43.7 Å². The summed E-state index contributed by atoms with van der Waals surface area (Å²) in [4.78, 5) is 26.3. The summed E-state index contributed by atoms with van der Waals surface area (Å²) in [7, 11) is 2.51. The Balaban J connectivity index is 1.55. The van der Waals surface area contributed by atoms with Gasteiger partial charge < -0.3 is 33.5 Å². The first-order valence-electron chi connectivity index (χ1n) is 14.4. The lowest BCUT2D eigenvalue weighted by Gasteiger charge is -2.21. The molecule has 1 aliphatic rings. The third-order valence-electron chi connectivity index (χ3n) is 7.36. The van der Waals surface area contributed by atoms with E-state index >= 15 is 0 Å². The number of phenolic OH excluding ortho intramolecular Hbond substituents is 1. The third kappa shape index (κ3) is 6.16. The molecule has 1 N–H and O–H groups in total. The monoisotopic (exact) mass is 618 g/mol. The fourth-order valence-electron chi connectivity index (χ4n) is 5.10. The predicted octanol–water partition coefficient (Wildman–Crippen LogP) is 7.26. The molecule has 0 amide bonds. The summed E-state index contributed by atoms with van der Waals surface area (Å²) in [5.41, 5.74) is 2.87. The molecule has 1 heterocycles. The van der Waals surface area contributed by atoms with Gasteiger partial charge >= 0.3 is 11.9 Å². The molecule has 1 unspecified atom stereocenters. The van der Waals surface area contributed by atoms with E-state index in [-0.39, 0.29) is 64.2 Å². The Bertz CT molecular complexity index is 1860. The molecule has 232 valence electrons. The van der Waals surface area contributed by atoms with Crippen molar-refractivity contribution in [2.24, 2.45) is 0 Å². The summed E-state index contributed by atoms with van der Waals surface area (Å²) in [6.07, 6.45) is -0.847. The molecule has 0 saturated carbocycles. The highest BCUT2D eigenvalue weighted by Crippen LogP contribution is 2.54. The van der Waals surface area contributed by atoms with E-state index in [1.807, 2.05) is 91.0 Å². The van der Waals surface area contributed by atoms with Crippen LogP contribution in [-0.2, 0) is 22.7 Å². The number of phenols is 1. The molecule has 0 saturated heterocycles. The molecule has 0 spiro atoms. The zero-order chi connectivity index (χ0) is 32.0. The second kappa shape index (κ2) is 13.4. The van der Waals surface area contributed by atoms with Gasteiger partial charge in [-0.25, -0.2) is 9.59 Å². The van der Waals surface area contributed by atoms with E-state index in [9.17, 15) is 14.7 Å². The topological polar surface area (TPSA) is 110 Å². The third-order valence-corrected chi connectivity index (χ3v) is 7.36. The van der Waals surface area contributed by atoms with Crippen molar-refractivity contribution in [1.82, 2.24) is 0 Å². The van der Waals surface area contributed by atoms with Gasteiger partial charge in [-0.1, -0.05) is 91.0 Å². The molecule has 5 aromatic rings. The van der Waals surface area contributed by atoms with Crippen molar-refractivity contribution in [3.8, 4) is 39.9 Å². The van der Waals surface area contributed by atoms with E-state index in [1.54, 1.807) is 0 Å². The number of benzene rings is 5. The van der Waals surface area contributed by atoms with E-state index in [0.717, 1.165) is 16.7 Å². The first-order valence-corrected chi connectivity index (χ1v) is 14.4. The minimum atomic E-state index is -0.847. The van der Waals surface area contributed by atoms with Crippen molar-refractivity contribution in [3.05, 3.63) is 137 Å². The Hall–Kier alpha value is -5.96. The molecule has 1 atom stereocenters. The molecule has 0 aliphatic carbocycles. The Morgan fingerprint density at radius 3 is 1.91 bits per heavy atom. The molecule has 6 rings (SSSR count). The average molecular weight is 619 g/mol. The minimum absolute atomic E-state index is 0.00222.